The van der Waals surface area contributed by atoms with E-state index in [-0.39, 0.29) is 29.8 Å². The first kappa shape index (κ1) is 24.1. The minimum atomic E-state index is -0.334. The van der Waals surface area contributed by atoms with E-state index in [0.29, 0.717) is 61.9 Å². The minimum absolute atomic E-state index is 0.0154. The predicted octanol–water partition coefficient (Wildman–Crippen LogP) is 0.478. The van der Waals surface area contributed by atoms with Crippen molar-refractivity contribution in [3.63, 3.8) is 0 Å². The summed E-state index contributed by atoms with van der Waals surface area (Å²) in [4.78, 5) is 42.0. The van der Waals surface area contributed by atoms with Crippen molar-refractivity contribution in [2.24, 2.45) is 5.92 Å². The zero-order valence-corrected chi connectivity index (χ0v) is 19.5. The highest BCUT2D eigenvalue weighted by Crippen LogP contribution is 2.33. The van der Waals surface area contributed by atoms with E-state index in [1.165, 1.54) is 4.90 Å². The number of H-pyrrole nitrogens is 1. The molecule has 0 bridgehead atoms. The van der Waals surface area contributed by atoms with Crippen molar-refractivity contribution in [3.8, 4) is 5.75 Å². The van der Waals surface area contributed by atoms with Crippen molar-refractivity contribution in [3.05, 3.63) is 35.1 Å². The average Bonchev–Trinajstić information content (AvgIpc) is 3.61. The fraction of sp³-hybridized carbons (Fsp3) is 0.545. The van der Waals surface area contributed by atoms with Crippen molar-refractivity contribution in [1.82, 2.24) is 35.7 Å². The number of allylic oxidation sites excluding steroid dienone is 2. The van der Waals surface area contributed by atoms with Crippen LogP contribution in [0, 0.1) is 12.8 Å². The molecule has 4 N–H and O–H groups in total. The molecule has 0 radical (unpaired) electrons. The third-order valence-corrected chi connectivity index (χ3v) is 5.99. The van der Waals surface area contributed by atoms with Gasteiger partial charge in [-0.2, -0.15) is 5.10 Å². The van der Waals surface area contributed by atoms with Gasteiger partial charge in [0.2, 0.25) is 0 Å². The van der Waals surface area contributed by atoms with Crippen LogP contribution in [0.2, 0.25) is 0 Å². The van der Waals surface area contributed by atoms with Crippen molar-refractivity contribution >= 4 is 18.1 Å². The molecule has 0 atom stereocenters. The molecule has 2 amide bonds. The van der Waals surface area contributed by atoms with Gasteiger partial charge < -0.3 is 35.5 Å². The number of aromatic hydroxyl groups is 1. The molecule has 180 valence electrons. The van der Waals surface area contributed by atoms with Gasteiger partial charge in [0.15, 0.2) is 11.4 Å². The summed E-state index contributed by atoms with van der Waals surface area (Å²) in [5, 5.41) is 16.5. The topological polar surface area (TPSA) is 134 Å². The summed E-state index contributed by atoms with van der Waals surface area (Å²) < 4.78 is 0. The molecule has 0 aromatic carbocycles. The number of piperazine rings is 1. The number of aromatic amines is 1. The van der Waals surface area contributed by atoms with Crippen LogP contribution < -0.4 is 10.9 Å². The average molecular weight is 460 g/mol. The van der Waals surface area contributed by atoms with Crippen molar-refractivity contribution in [1.29, 1.82) is 0 Å². The Bertz CT molecular complexity index is 943. The number of aromatic nitrogens is 2. The molecule has 33 heavy (non-hydrogen) atoms. The summed E-state index contributed by atoms with van der Waals surface area (Å²) in [6, 6.07) is 0. The lowest BCUT2D eigenvalue weighted by molar-refractivity contribution is -0.129. The Labute approximate surface area is 193 Å². The predicted molar refractivity (Wildman–Crippen MR) is 122 cm³/mol. The third-order valence-electron chi connectivity index (χ3n) is 5.99. The van der Waals surface area contributed by atoms with Gasteiger partial charge in [0.25, 0.3) is 11.8 Å². The van der Waals surface area contributed by atoms with Crippen LogP contribution >= 0.6 is 0 Å². The molecule has 2 aliphatic rings. The number of hydrogen-bond acceptors (Lipinski definition) is 8. The molecule has 1 aromatic heterocycles. The summed E-state index contributed by atoms with van der Waals surface area (Å²) >= 11 is 0. The van der Waals surface area contributed by atoms with Gasteiger partial charge in [0, 0.05) is 38.9 Å². The Hall–Kier alpha value is -3.50. The Balaban J connectivity index is 1.76. The van der Waals surface area contributed by atoms with Crippen molar-refractivity contribution in [2.75, 3.05) is 39.8 Å². The number of carbonyl (C=O) groups is 3. The van der Waals surface area contributed by atoms with Gasteiger partial charge in [0.05, 0.1) is 12.2 Å². The Morgan fingerprint density at radius 2 is 1.88 bits per heavy atom. The van der Waals surface area contributed by atoms with E-state index in [4.69, 9.17) is 0 Å². The molecular weight excluding hydrogens is 426 g/mol. The maximum Gasteiger partial charge on any atom is 0.275 e. The molecule has 0 spiro atoms. The first-order valence-corrected chi connectivity index (χ1v) is 11.2. The van der Waals surface area contributed by atoms with Gasteiger partial charge in [-0.3, -0.25) is 14.7 Å². The van der Waals surface area contributed by atoms with Gasteiger partial charge in [0.1, 0.15) is 17.7 Å². The van der Waals surface area contributed by atoms with Crippen molar-refractivity contribution in [2.45, 2.75) is 33.1 Å². The maximum absolute atomic E-state index is 13.3. The molecule has 1 aliphatic carbocycles. The molecule has 3 rings (SSSR count). The lowest BCUT2D eigenvalue weighted by Gasteiger charge is -2.38. The molecule has 0 unspecified atom stereocenters. The molecule has 2 heterocycles. The second-order valence-corrected chi connectivity index (χ2v) is 8.39. The molecule has 1 saturated carbocycles. The van der Waals surface area contributed by atoms with Gasteiger partial charge in [-0.15, -0.1) is 0 Å². The SMILES string of the molecule is C=C(NN/C(CC)=C(\C(=O)N(C)CC=O)N1CCN(C(=O)c2[nH]nc(C)c2O)CC1)C1CC1. The third kappa shape index (κ3) is 5.47. The van der Waals surface area contributed by atoms with Crippen LogP contribution in [-0.2, 0) is 9.59 Å². The van der Waals surface area contributed by atoms with Crippen LogP contribution in [0.15, 0.2) is 23.7 Å². The van der Waals surface area contributed by atoms with Crippen LogP contribution in [-0.4, -0.2) is 87.9 Å². The number of aldehydes is 1. The monoisotopic (exact) mass is 459 g/mol. The van der Waals surface area contributed by atoms with Gasteiger partial charge in [-0.1, -0.05) is 13.5 Å². The van der Waals surface area contributed by atoms with Crippen molar-refractivity contribution < 1.29 is 19.5 Å². The fourth-order valence-corrected chi connectivity index (χ4v) is 3.70. The van der Waals surface area contributed by atoms with Crippen LogP contribution in [0.25, 0.3) is 0 Å². The molecule has 11 nitrogen and oxygen atoms in total. The number of likely N-dealkylation sites (N-methyl/N-ethyl adjacent to an activating group) is 1. The first-order chi connectivity index (χ1) is 15.8. The van der Waals surface area contributed by atoms with Gasteiger partial charge in [-0.25, -0.2) is 0 Å². The van der Waals surface area contributed by atoms with E-state index in [9.17, 15) is 19.5 Å². The number of amides is 2. The van der Waals surface area contributed by atoms with Crippen LogP contribution in [0.5, 0.6) is 5.75 Å². The number of carbonyl (C=O) groups excluding carboxylic acids is 3. The summed E-state index contributed by atoms with van der Waals surface area (Å²) in [6.45, 7) is 9.16. The number of nitrogens with zero attached hydrogens (tertiary/aromatic N) is 4. The molecule has 11 heteroatoms. The Kier molecular flexibility index (Phi) is 7.62. The number of hydrogen-bond donors (Lipinski definition) is 4. The molecule has 1 aliphatic heterocycles. The van der Waals surface area contributed by atoms with Crippen LogP contribution in [0.3, 0.4) is 0 Å². The number of rotatable bonds is 10. The normalized spacial score (nSPS) is 16.7. The standard InChI is InChI=1S/C22H33N7O4/c1-5-17(25-23-14(2)16-6-7-16)19(22(33)27(4)12-13-30)28-8-10-29(11-9-28)21(32)18-20(31)15(3)24-26-18/h13,16,23,25,31H,2,5-12H2,1,3-4H3,(H,24,26)/b19-17+. The maximum atomic E-state index is 13.3. The molecular formula is C22H33N7O4. The zero-order chi connectivity index (χ0) is 24.1. The second-order valence-electron chi connectivity index (χ2n) is 8.39. The number of nitrogens with one attached hydrogen (secondary N) is 3. The highest BCUT2D eigenvalue weighted by Gasteiger charge is 2.31. The van der Waals surface area contributed by atoms with E-state index in [1.54, 1.807) is 18.9 Å². The number of aryl methyl sites for hydroxylation is 1. The largest absolute Gasteiger partial charge is 0.504 e. The Morgan fingerprint density at radius 1 is 1.24 bits per heavy atom. The van der Waals surface area contributed by atoms with E-state index < -0.39 is 0 Å². The summed E-state index contributed by atoms with van der Waals surface area (Å²) in [6.07, 6.45) is 3.46. The van der Waals surface area contributed by atoms with E-state index >= 15 is 0 Å². The van der Waals surface area contributed by atoms with Gasteiger partial charge >= 0.3 is 0 Å². The zero-order valence-electron chi connectivity index (χ0n) is 19.5. The second kappa shape index (κ2) is 10.4. The van der Waals surface area contributed by atoms with Gasteiger partial charge in [-0.05, 0) is 32.1 Å². The van der Waals surface area contributed by atoms with Crippen LogP contribution in [0.4, 0.5) is 0 Å². The fourth-order valence-electron chi connectivity index (χ4n) is 3.70. The van der Waals surface area contributed by atoms with Crippen LogP contribution in [0.1, 0.15) is 42.4 Å². The first-order valence-electron chi connectivity index (χ1n) is 11.2. The quantitative estimate of drug-likeness (QED) is 0.226. The highest BCUT2D eigenvalue weighted by molar-refractivity contribution is 5.96. The molecule has 1 aromatic rings. The van der Waals surface area contributed by atoms with E-state index in [0.717, 1.165) is 18.5 Å². The summed E-state index contributed by atoms with van der Waals surface area (Å²) in [5.74, 6) is -0.302. The lowest BCUT2D eigenvalue weighted by atomic mass is 10.1. The lowest BCUT2D eigenvalue weighted by Crippen LogP contribution is -2.51. The summed E-state index contributed by atoms with van der Waals surface area (Å²) in [5.41, 5.74) is 8.77. The Morgan fingerprint density at radius 3 is 2.39 bits per heavy atom. The smallest absolute Gasteiger partial charge is 0.275 e. The van der Waals surface area contributed by atoms with E-state index in [2.05, 4.69) is 27.6 Å². The summed E-state index contributed by atoms with van der Waals surface area (Å²) in [7, 11) is 1.59. The van der Waals surface area contributed by atoms with E-state index in [1.807, 2.05) is 11.8 Å². The highest BCUT2D eigenvalue weighted by atomic mass is 16.3. The number of hydrazine groups is 1. The molecule has 2 fully saturated rings. The minimum Gasteiger partial charge on any atom is -0.504 e. The molecule has 1 saturated heterocycles.